The molecule has 1 atom stereocenters. The van der Waals surface area contributed by atoms with Gasteiger partial charge < -0.3 is 10.6 Å². The predicted octanol–water partition coefficient (Wildman–Crippen LogP) is 1.44. The maximum absolute atomic E-state index is 12.0. The molecule has 0 saturated carbocycles. The SMILES string of the molecule is CC(C)C(N)CCN(C)C1=NS(=O)(=O)c2ccccc21. The van der Waals surface area contributed by atoms with Gasteiger partial charge in [0.2, 0.25) is 0 Å². The van der Waals surface area contributed by atoms with E-state index in [1.165, 1.54) is 0 Å². The van der Waals surface area contributed by atoms with E-state index >= 15 is 0 Å². The van der Waals surface area contributed by atoms with Gasteiger partial charge in [-0.2, -0.15) is 8.42 Å². The first-order valence-corrected chi connectivity index (χ1v) is 8.18. The van der Waals surface area contributed by atoms with Gasteiger partial charge in [0.05, 0.1) is 0 Å². The van der Waals surface area contributed by atoms with Crippen LogP contribution in [0.15, 0.2) is 33.6 Å². The molecule has 1 aliphatic rings. The molecule has 0 amide bonds. The average molecular weight is 295 g/mol. The first-order valence-electron chi connectivity index (χ1n) is 6.74. The molecule has 1 unspecified atom stereocenters. The topological polar surface area (TPSA) is 75.8 Å². The number of rotatable bonds is 4. The minimum atomic E-state index is -3.54. The summed E-state index contributed by atoms with van der Waals surface area (Å²) in [5, 5.41) is 0. The van der Waals surface area contributed by atoms with Crippen LogP contribution in [-0.4, -0.2) is 38.8 Å². The molecule has 20 heavy (non-hydrogen) atoms. The van der Waals surface area contributed by atoms with Gasteiger partial charge in [0, 0.05) is 25.2 Å². The summed E-state index contributed by atoms with van der Waals surface area (Å²) in [4.78, 5) is 2.15. The summed E-state index contributed by atoms with van der Waals surface area (Å²) >= 11 is 0. The van der Waals surface area contributed by atoms with Gasteiger partial charge in [0.1, 0.15) is 10.7 Å². The Balaban J connectivity index is 2.18. The van der Waals surface area contributed by atoms with E-state index < -0.39 is 10.0 Å². The van der Waals surface area contributed by atoms with Crippen LogP contribution in [0.3, 0.4) is 0 Å². The van der Waals surface area contributed by atoms with Crippen molar-refractivity contribution < 1.29 is 8.42 Å². The Bertz CT molecular complexity index is 623. The van der Waals surface area contributed by atoms with Gasteiger partial charge in [-0.3, -0.25) is 0 Å². The van der Waals surface area contributed by atoms with Crippen molar-refractivity contribution in [3.05, 3.63) is 29.8 Å². The second-order valence-corrected chi connectivity index (χ2v) is 7.08. The summed E-state index contributed by atoms with van der Waals surface area (Å²) in [5.74, 6) is 0.918. The molecule has 1 heterocycles. The molecule has 0 radical (unpaired) electrons. The number of amidine groups is 1. The zero-order valence-electron chi connectivity index (χ0n) is 12.1. The molecule has 0 saturated heterocycles. The molecule has 2 rings (SSSR count). The minimum Gasteiger partial charge on any atom is -0.358 e. The first-order chi connectivity index (χ1) is 9.33. The molecule has 0 aromatic heterocycles. The Morgan fingerprint density at radius 2 is 1.95 bits per heavy atom. The minimum absolute atomic E-state index is 0.103. The van der Waals surface area contributed by atoms with E-state index in [9.17, 15) is 8.42 Å². The molecule has 110 valence electrons. The van der Waals surface area contributed by atoms with Crippen LogP contribution < -0.4 is 5.73 Å². The fourth-order valence-electron chi connectivity index (χ4n) is 2.15. The monoisotopic (exact) mass is 295 g/mol. The molecule has 0 bridgehead atoms. The van der Waals surface area contributed by atoms with E-state index in [1.807, 2.05) is 18.0 Å². The summed E-state index contributed by atoms with van der Waals surface area (Å²) in [6, 6.07) is 7.02. The summed E-state index contributed by atoms with van der Waals surface area (Å²) < 4.78 is 27.8. The molecule has 1 aromatic carbocycles. The van der Waals surface area contributed by atoms with Gasteiger partial charge in [-0.25, -0.2) is 0 Å². The third-order valence-corrected chi connectivity index (χ3v) is 4.95. The highest BCUT2D eigenvalue weighted by atomic mass is 32.2. The third kappa shape index (κ3) is 2.86. The lowest BCUT2D eigenvalue weighted by molar-refractivity contribution is 0.400. The molecule has 1 aliphatic heterocycles. The van der Waals surface area contributed by atoms with Crippen molar-refractivity contribution in [2.24, 2.45) is 16.0 Å². The molecular formula is C14H21N3O2S. The molecule has 0 aliphatic carbocycles. The molecule has 0 spiro atoms. The Morgan fingerprint density at radius 3 is 2.60 bits per heavy atom. The zero-order valence-corrected chi connectivity index (χ0v) is 12.9. The van der Waals surface area contributed by atoms with Crippen LogP contribution in [0.25, 0.3) is 0 Å². The largest absolute Gasteiger partial charge is 0.358 e. The zero-order chi connectivity index (χ0) is 14.9. The third-order valence-electron chi connectivity index (χ3n) is 3.63. The number of benzene rings is 1. The van der Waals surface area contributed by atoms with E-state index in [2.05, 4.69) is 18.2 Å². The van der Waals surface area contributed by atoms with Gasteiger partial charge in [-0.1, -0.05) is 26.0 Å². The highest BCUT2D eigenvalue weighted by Gasteiger charge is 2.30. The number of fused-ring (bicyclic) bond motifs is 1. The lowest BCUT2D eigenvalue weighted by Crippen LogP contribution is -2.34. The molecular weight excluding hydrogens is 274 g/mol. The number of hydrogen-bond donors (Lipinski definition) is 1. The highest BCUT2D eigenvalue weighted by molar-refractivity contribution is 7.90. The van der Waals surface area contributed by atoms with E-state index in [-0.39, 0.29) is 10.9 Å². The quantitative estimate of drug-likeness (QED) is 0.912. The fourth-order valence-corrected chi connectivity index (χ4v) is 3.40. The Labute approximate surface area is 120 Å². The van der Waals surface area contributed by atoms with Gasteiger partial charge in [0.25, 0.3) is 10.0 Å². The van der Waals surface area contributed by atoms with Crippen LogP contribution in [-0.2, 0) is 10.0 Å². The summed E-state index contributed by atoms with van der Waals surface area (Å²) in [7, 11) is -1.69. The second-order valence-electron chi connectivity index (χ2n) is 5.50. The van der Waals surface area contributed by atoms with Crippen LogP contribution in [0.4, 0.5) is 0 Å². The van der Waals surface area contributed by atoms with Crippen molar-refractivity contribution in [2.75, 3.05) is 13.6 Å². The molecule has 2 N–H and O–H groups in total. The Hall–Kier alpha value is -1.40. The van der Waals surface area contributed by atoms with E-state index in [0.29, 0.717) is 23.9 Å². The number of sulfonamides is 1. The van der Waals surface area contributed by atoms with Crippen molar-refractivity contribution in [1.29, 1.82) is 0 Å². The van der Waals surface area contributed by atoms with Crippen molar-refractivity contribution in [3.63, 3.8) is 0 Å². The summed E-state index contributed by atoms with van der Waals surface area (Å²) in [6.45, 7) is 4.84. The van der Waals surface area contributed by atoms with E-state index in [4.69, 9.17) is 5.73 Å². The van der Waals surface area contributed by atoms with Crippen LogP contribution in [0.1, 0.15) is 25.8 Å². The summed E-state index contributed by atoms with van der Waals surface area (Å²) in [5.41, 5.74) is 6.70. The van der Waals surface area contributed by atoms with Crippen LogP contribution >= 0.6 is 0 Å². The first kappa shape index (κ1) is 15.0. The number of nitrogens with two attached hydrogens (primary N) is 1. The van der Waals surface area contributed by atoms with Crippen LogP contribution in [0.5, 0.6) is 0 Å². The van der Waals surface area contributed by atoms with Gasteiger partial charge >= 0.3 is 0 Å². The fraction of sp³-hybridized carbons (Fsp3) is 0.500. The van der Waals surface area contributed by atoms with Crippen molar-refractivity contribution in [1.82, 2.24) is 4.90 Å². The van der Waals surface area contributed by atoms with Crippen LogP contribution in [0.2, 0.25) is 0 Å². The number of nitrogens with zero attached hydrogens (tertiary/aromatic N) is 2. The predicted molar refractivity (Wildman–Crippen MR) is 80.2 cm³/mol. The lowest BCUT2D eigenvalue weighted by atomic mass is 10.0. The standard InChI is InChI=1S/C14H21N3O2S/c1-10(2)12(15)8-9-17(3)14-11-6-4-5-7-13(11)20(18,19)16-14/h4-7,10,12H,8-9,15H2,1-3H3. The van der Waals surface area contributed by atoms with Gasteiger partial charge in [-0.15, -0.1) is 4.40 Å². The maximum Gasteiger partial charge on any atom is 0.285 e. The van der Waals surface area contributed by atoms with Crippen molar-refractivity contribution >= 4 is 15.9 Å². The average Bonchev–Trinajstić information content (AvgIpc) is 2.68. The maximum atomic E-state index is 12.0. The highest BCUT2D eigenvalue weighted by Crippen LogP contribution is 2.27. The molecule has 5 nitrogen and oxygen atoms in total. The van der Waals surface area contributed by atoms with E-state index in [0.717, 1.165) is 6.42 Å². The van der Waals surface area contributed by atoms with E-state index in [1.54, 1.807) is 18.2 Å². The molecule has 1 aromatic rings. The van der Waals surface area contributed by atoms with Crippen LogP contribution in [0, 0.1) is 5.92 Å². The van der Waals surface area contributed by atoms with Crippen molar-refractivity contribution in [3.8, 4) is 0 Å². The molecule has 6 heteroatoms. The Kier molecular flexibility index (Phi) is 4.15. The summed E-state index contributed by atoms with van der Waals surface area (Å²) in [6.07, 6.45) is 0.801. The normalized spacial score (nSPS) is 17.8. The van der Waals surface area contributed by atoms with Crippen molar-refractivity contribution in [2.45, 2.75) is 31.2 Å². The van der Waals surface area contributed by atoms with Gasteiger partial charge in [-0.05, 0) is 24.5 Å². The molecule has 0 fully saturated rings. The smallest absolute Gasteiger partial charge is 0.285 e. The second kappa shape index (κ2) is 5.54. The number of hydrogen-bond acceptors (Lipinski definition) is 4. The Morgan fingerprint density at radius 1 is 1.30 bits per heavy atom. The van der Waals surface area contributed by atoms with Gasteiger partial charge in [0.15, 0.2) is 0 Å². The lowest BCUT2D eigenvalue weighted by Gasteiger charge is -2.22.